The van der Waals surface area contributed by atoms with E-state index in [9.17, 15) is 8.42 Å². The maximum Gasteiger partial charge on any atom is 0.279 e. The van der Waals surface area contributed by atoms with Crippen LogP contribution in [0.4, 0.5) is 0 Å². The monoisotopic (exact) mass is 283 g/mol. The van der Waals surface area contributed by atoms with Crippen molar-refractivity contribution in [1.82, 2.24) is 9.03 Å². The molecule has 8 heteroatoms. The number of hydrogen-bond acceptors (Lipinski definition) is 4. The molecule has 3 N–H and O–H groups in total. The lowest BCUT2D eigenvalue weighted by molar-refractivity contribution is 0.179. The van der Waals surface area contributed by atoms with Crippen LogP contribution < -0.4 is 10.5 Å². The normalized spacial score (nSPS) is 12.3. The molecule has 0 aromatic rings. The summed E-state index contributed by atoms with van der Waals surface area (Å²) in [6.45, 7) is 4.40. The molecule has 0 unspecified atom stereocenters. The van der Waals surface area contributed by atoms with Crippen LogP contribution in [0.1, 0.15) is 20.3 Å². The molecule has 0 spiro atoms. The molecule has 0 atom stereocenters. The van der Waals surface area contributed by atoms with Crippen LogP contribution in [0.5, 0.6) is 0 Å². The Kier molecular flexibility index (Phi) is 7.80. The summed E-state index contributed by atoms with van der Waals surface area (Å²) in [6, 6.07) is -0.158. The second-order valence-electron chi connectivity index (χ2n) is 3.89. The van der Waals surface area contributed by atoms with Gasteiger partial charge in [-0.05, 0) is 13.8 Å². The highest BCUT2D eigenvalue weighted by atomic mass is 32.2. The van der Waals surface area contributed by atoms with E-state index in [1.165, 1.54) is 11.4 Å². The lowest BCUT2D eigenvalue weighted by atomic mass is 10.4. The third-order valence-electron chi connectivity index (χ3n) is 1.88. The van der Waals surface area contributed by atoms with Crippen LogP contribution in [0.25, 0.3) is 0 Å². The maximum atomic E-state index is 11.9. The molecule has 0 saturated heterocycles. The van der Waals surface area contributed by atoms with Crippen molar-refractivity contribution in [3.63, 3.8) is 0 Å². The fourth-order valence-corrected chi connectivity index (χ4v) is 2.64. The summed E-state index contributed by atoms with van der Waals surface area (Å²) in [5.74, 6) is 0. The minimum atomic E-state index is -3.50. The van der Waals surface area contributed by atoms with Gasteiger partial charge in [0.1, 0.15) is 0 Å². The zero-order chi connectivity index (χ0) is 13.5. The number of hydrogen-bond donors (Lipinski definition) is 2. The van der Waals surface area contributed by atoms with E-state index >= 15 is 0 Å². The van der Waals surface area contributed by atoms with Gasteiger partial charge < -0.3 is 10.5 Å². The van der Waals surface area contributed by atoms with Gasteiger partial charge in [-0.3, -0.25) is 0 Å². The molecule has 0 fully saturated rings. The van der Waals surface area contributed by atoms with E-state index in [1.807, 2.05) is 0 Å². The van der Waals surface area contributed by atoms with Crippen molar-refractivity contribution in [2.75, 3.05) is 26.8 Å². The Labute approximate surface area is 109 Å². The average molecular weight is 283 g/mol. The van der Waals surface area contributed by atoms with E-state index in [0.717, 1.165) is 0 Å². The maximum absolute atomic E-state index is 11.9. The second kappa shape index (κ2) is 7.93. The van der Waals surface area contributed by atoms with Crippen LogP contribution in [0.2, 0.25) is 0 Å². The van der Waals surface area contributed by atoms with Gasteiger partial charge in [0, 0.05) is 32.7 Å². The number of thiocarbonyl (C=S) groups is 1. The first-order valence-electron chi connectivity index (χ1n) is 5.34. The Hall–Kier alpha value is -0.280. The van der Waals surface area contributed by atoms with Gasteiger partial charge in [0.25, 0.3) is 10.2 Å². The first kappa shape index (κ1) is 16.7. The highest BCUT2D eigenvalue weighted by molar-refractivity contribution is 7.87. The van der Waals surface area contributed by atoms with Crippen LogP contribution in [-0.4, -0.2) is 50.6 Å². The molecular formula is C9H21N3O3S2. The van der Waals surface area contributed by atoms with Gasteiger partial charge in [0.15, 0.2) is 0 Å². The zero-order valence-electron chi connectivity index (χ0n) is 10.5. The SMILES string of the molecule is COCCN(CCC(N)=S)S(=O)(=O)NC(C)C. The van der Waals surface area contributed by atoms with Crippen molar-refractivity contribution < 1.29 is 13.2 Å². The van der Waals surface area contributed by atoms with Crippen LogP contribution in [0, 0.1) is 0 Å². The molecule has 102 valence electrons. The second-order valence-corrected chi connectivity index (χ2v) is 6.11. The molecule has 0 aromatic carbocycles. The van der Waals surface area contributed by atoms with Crippen LogP contribution >= 0.6 is 12.2 Å². The number of nitrogens with two attached hydrogens (primary N) is 1. The molecular weight excluding hydrogens is 262 g/mol. The third kappa shape index (κ3) is 7.61. The first-order valence-corrected chi connectivity index (χ1v) is 7.19. The number of nitrogens with zero attached hydrogens (tertiary/aromatic N) is 1. The molecule has 0 amide bonds. The molecule has 17 heavy (non-hydrogen) atoms. The van der Waals surface area contributed by atoms with Crippen molar-refractivity contribution in [3.8, 4) is 0 Å². The first-order chi connectivity index (χ1) is 7.79. The van der Waals surface area contributed by atoms with E-state index in [1.54, 1.807) is 13.8 Å². The molecule has 0 bridgehead atoms. The highest BCUT2D eigenvalue weighted by Crippen LogP contribution is 2.01. The fraction of sp³-hybridized carbons (Fsp3) is 0.889. The number of nitrogens with one attached hydrogen (secondary N) is 1. The summed E-state index contributed by atoms with van der Waals surface area (Å²) in [5.41, 5.74) is 5.37. The smallest absolute Gasteiger partial charge is 0.279 e. The van der Waals surface area contributed by atoms with Crippen molar-refractivity contribution >= 4 is 27.4 Å². The van der Waals surface area contributed by atoms with E-state index < -0.39 is 10.2 Å². The molecule has 0 aliphatic carbocycles. The highest BCUT2D eigenvalue weighted by Gasteiger charge is 2.22. The molecule has 0 radical (unpaired) electrons. The lowest BCUT2D eigenvalue weighted by Crippen LogP contribution is -2.45. The van der Waals surface area contributed by atoms with Crippen LogP contribution in [0.15, 0.2) is 0 Å². The van der Waals surface area contributed by atoms with Gasteiger partial charge in [-0.15, -0.1) is 0 Å². The van der Waals surface area contributed by atoms with Crippen molar-refractivity contribution in [2.24, 2.45) is 5.73 Å². The summed E-state index contributed by atoms with van der Waals surface area (Å²) in [6.07, 6.45) is 0.359. The largest absolute Gasteiger partial charge is 0.393 e. The van der Waals surface area contributed by atoms with E-state index in [2.05, 4.69) is 4.72 Å². The van der Waals surface area contributed by atoms with Crippen molar-refractivity contribution in [3.05, 3.63) is 0 Å². The molecule has 0 rings (SSSR count). The average Bonchev–Trinajstić information content (AvgIpc) is 2.14. The zero-order valence-corrected chi connectivity index (χ0v) is 12.1. The number of ether oxygens (including phenoxy) is 1. The van der Waals surface area contributed by atoms with Gasteiger partial charge in [-0.2, -0.15) is 17.4 Å². The quantitative estimate of drug-likeness (QED) is 0.575. The predicted molar refractivity (Wildman–Crippen MR) is 72.0 cm³/mol. The van der Waals surface area contributed by atoms with Gasteiger partial charge in [-0.25, -0.2) is 0 Å². The summed E-state index contributed by atoms with van der Waals surface area (Å²) in [4.78, 5) is 0.298. The molecule has 0 saturated carbocycles. The summed E-state index contributed by atoms with van der Waals surface area (Å²) in [5, 5.41) is 0. The summed E-state index contributed by atoms with van der Waals surface area (Å²) >= 11 is 4.74. The van der Waals surface area contributed by atoms with E-state index in [4.69, 9.17) is 22.7 Å². The fourth-order valence-electron chi connectivity index (χ4n) is 1.15. The van der Waals surface area contributed by atoms with Gasteiger partial charge in [0.2, 0.25) is 0 Å². The predicted octanol–water partition coefficient (Wildman–Crippen LogP) is -0.146. The summed E-state index contributed by atoms with van der Waals surface area (Å²) in [7, 11) is -1.98. The molecule has 6 nitrogen and oxygen atoms in total. The van der Waals surface area contributed by atoms with Gasteiger partial charge in [0.05, 0.1) is 11.6 Å². The minimum absolute atomic E-state index is 0.158. The van der Waals surface area contributed by atoms with Crippen LogP contribution in [0.3, 0.4) is 0 Å². The Balaban J connectivity index is 4.59. The third-order valence-corrected chi connectivity index (χ3v) is 3.90. The molecule has 0 aromatic heterocycles. The lowest BCUT2D eigenvalue weighted by Gasteiger charge is -2.23. The standard InChI is InChI=1S/C9H21N3O3S2/c1-8(2)11-17(13,14)12(6-7-15-3)5-4-9(10)16/h8,11H,4-7H2,1-3H3,(H2,10,16). The Morgan fingerprint density at radius 1 is 1.47 bits per heavy atom. The van der Waals surface area contributed by atoms with E-state index in [0.29, 0.717) is 18.0 Å². The number of methoxy groups -OCH3 is 1. The van der Waals surface area contributed by atoms with Crippen LogP contribution in [-0.2, 0) is 14.9 Å². The summed E-state index contributed by atoms with van der Waals surface area (Å²) < 4.78 is 32.5. The Morgan fingerprint density at radius 2 is 2.06 bits per heavy atom. The minimum Gasteiger partial charge on any atom is -0.393 e. The van der Waals surface area contributed by atoms with E-state index in [-0.39, 0.29) is 19.1 Å². The molecule has 0 heterocycles. The topological polar surface area (TPSA) is 84.7 Å². The Bertz CT molecular complexity index is 330. The number of rotatable bonds is 9. The molecule has 0 aliphatic heterocycles. The van der Waals surface area contributed by atoms with Crippen molar-refractivity contribution in [1.29, 1.82) is 0 Å². The Morgan fingerprint density at radius 3 is 2.47 bits per heavy atom. The molecule has 0 aliphatic rings. The van der Waals surface area contributed by atoms with Crippen molar-refractivity contribution in [2.45, 2.75) is 26.3 Å². The van der Waals surface area contributed by atoms with Gasteiger partial charge in [-0.1, -0.05) is 12.2 Å². The van der Waals surface area contributed by atoms with Gasteiger partial charge >= 0.3 is 0 Å².